The summed E-state index contributed by atoms with van der Waals surface area (Å²) in [7, 11) is 1.70. The quantitative estimate of drug-likeness (QED) is 0.584. The summed E-state index contributed by atoms with van der Waals surface area (Å²) in [6.45, 7) is 5.37. The molecule has 2 aromatic rings. The van der Waals surface area contributed by atoms with E-state index in [4.69, 9.17) is 15.0 Å². The van der Waals surface area contributed by atoms with Gasteiger partial charge in [-0.2, -0.15) is 5.26 Å². The van der Waals surface area contributed by atoms with Crippen molar-refractivity contribution in [3.8, 4) is 11.8 Å². The van der Waals surface area contributed by atoms with E-state index in [2.05, 4.69) is 40.7 Å². The molecule has 2 aromatic carbocycles. The van der Waals surface area contributed by atoms with Crippen molar-refractivity contribution in [2.24, 2.45) is 4.99 Å². The summed E-state index contributed by atoms with van der Waals surface area (Å²) in [5.74, 6) is 1.69. The predicted molar refractivity (Wildman–Crippen MR) is 117 cm³/mol. The number of aliphatic imine (C=N–C) groups is 1. The van der Waals surface area contributed by atoms with E-state index in [0.717, 1.165) is 49.7 Å². The van der Waals surface area contributed by atoms with E-state index in [-0.39, 0.29) is 0 Å². The summed E-state index contributed by atoms with van der Waals surface area (Å²) in [6.07, 6.45) is 2.23. The van der Waals surface area contributed by atoms with E-state index in [0.29, 0.717) is 18.2 Å². The molecule has 1 aliphatic rings. The monoisotopic (exact) mass is 391 g/mol. The average molecular weight is 392 g/mol. The van der Waals surface area contributed by atoms with E-state index in [1.165, 1.54) is 5.69 Å². The van der Waals surface area contributed by atoms with Crippen LogP contribution in [0.15, 0.2) is 53.5 Å². The molecular weight excluding hydrogens is 362 g/mol. The van der Waals surface area contributed by atoms with Gasteiger partial charge in [-0.3, -0.25) is 0 Å². The number of rotatable bonds is 6. The Morgan fingerprint density at radius 2 is 2.14 bits per heavy atom. The van der Waals surface area contributed by atoms with Gasteiger partial charge >= 0.3 is 0 Å². The van der Waals surface area contributed by atoms with Crippen molar-refractivity contribution in [3.63, 3.8) is 0 Å². The van der Waals surface area contributed by atoms with Gasteiger partial charge < -0.3 is 20.3 Å². The maximum atomic E-state index is 9.07. The lowest BCUT2D eigenvalue weighted by Gasteiger charge is -2.35. The summed E-state index contributed by atoms with van der Waals surface area (Å²) < 4.78 is 5.37. The molecule has 2 N–H and O–H groups in total. The second-order valence-electron chi connectivity index (χ2n) is 7.14. The molecule has 0 radical (unpaired) electrons. The normalized spacial score (nSPS) is 16.8. The first kappa shape index (κ1) is 20.5. The molecule has 0 amide bonds. The van der Waals surface area contributed by atoms with Gasteiger partial charge in [-0.05, 0) is 49.6 Å². The second kappa shape index (κ2) is 10.4. The number of guanidine groups is 1. The van der Waals surface area contributed by atoms with Gasteiger partial charge in [-0.15, -0.1) is 0 Å². The van der Waals surface area contributed by atoms with Crippen molar-refractivity contribution in [3.05, 3.63) is 59.7 Å². The van der Waals surface area contributed by atoms with Gasteiger partial charge in [0, 0.05) is 37.4 Å². The zero-order valence-electron chi connectivity index (χ0n) is 17.2. The highest BCUT2D eigenvalue weighted by molar-refractivity contribution is 5.80. The lowest BCUT2D eigenvalue weighted by Crippen LogP contribution is -2.51. The molecule has 0 saturated carbocycles. The Balaban J connectivity index is 1.65. The lowest BCUT2D eigenvalue weighted by molar-refractivity contribution is 0.414. The minimum Gasteiger partial charge on any atom is -0.497 e. The highest BCUT2D eigenvalue weighted by atomic mass is 16.5. The van der Waals surface area contributed by atoms with Gasteiger partial charge in [0.1, 0.15) is 5.75 Å². The smallest absolute Gasteiger partial charge is 0.191 e. The summed E-state index contributed by atoms with van der Waals surface area (Å²) in [6, 6.07) is 18.3. The summed E-state index contributed by atoms with van der Waals surface area (Å²) >= 11 is 0. The SMILES string of the molecule is CCNC(=NCc1cccc(C#N)c1)NC1CCCN(c2cccc(OC)c2)C1. The van der Waals surface area contributed by atoms with E-state index in [1.54, 1.807) is 7.11 Å². The maximum Gasteiger partial charge on any atom is 0.191 e. The molecule has 1 unspecified atom stereocenters. The highest BCUT2D eigenvalue weighted by Crippen LogP contribution is 2.24. The molecule has 0 aromatic heterocycles. The average Bonchev–Trinajstić information content (AvgIpc) is 2.78. The van der Waals surface area contributed by atoms with Crippen LogP contribution in [0.1, 0.15) is 30.9 Å². The number of hydrogen-bond donors (Lipinski definition) is 2. The van der Waals surface area contributed by atoms with Crippen LogP contribution in [0.3, 0.4) is 0 Å². The fourth-order valence-corrected chi connectivity index (χ4v) is 3.56. The molecule has 1 atom stereocenters. The Labute approximate surface area is 173 Å². The van der Waals surface area contributed by atoms with Crippen LogP contribution in [0.2, 0.25) is 0 Å². The number of ether oxygens (including phenoxy) is 1. The molecule has 0 aliphatic carbocycles. The number of nitrogens with zero attached hydrogens (tertiary/aromatic N) is 3. The summed E-state index contributed by atoms with van der Waals surface area (Å²) in [4.78, 5) is 7.12. The maximum absolute atomic E-state index is 9.07. The van der Waals surface area contributed by atoms with Crippen LogP contribution in [0.25, 0.3) is 0 Å². The third-order valence-corrected chi connectivity index (χ3v) is 5.00. The summed E-state index contributed by atoms with van der Waals surface area (Å²) in [5.41, 5.74) is 2.88. The molecule has 3 rings (SSSR count). The number of nitriles is 1. The number of piperidine rings is 1. The Morgan fingerprint density at radius 1 is 1.28 bits per heavy atom. The molecule has 0 bridgehead atoms. The second-order valence-corrected chi connectivity index (χ2v) is 7.14. The van der Waals surface area contributed by atoms with Crippen LogP contribution in [0, 0.1) is 11.3 Å². The van der Waals surface area contributed by atoms with E-state index in [9.17, 15) is 0 Å². The van der Waals surface area contributed by atoms with Gasteiger partial charge in [0.15, 0.2) is 5.96 Å². The lowest BCUT2D eigenvalue weighted by atomic mass is 10.0. The number of anilines is 1. The number of benzene rings is 2. The van der Waals surface area contributed by atoms with Gasteiger partial charge in [0.05, 0.1) is 25.3 Å². The third kappa shape index (κ3) is 5.89. The van der Waals surface area contributed by atoms with Crippen molar-refractivity contribution in [1.82, 2.24) is 10.6 Å². The third-order valence-electron chi connectivity index (χ3n) is 5.00. The van der Waals surface area contributed by atoms with Crippen molar-refractivity contribution in [2.45, 2.75) is 32.4 Å². The summed E-state index contributed by atoms with van der Waals surface area (Å²) in [5, 5.41) is 16.0. The van der Waals surface area contributed by atoms with Crippen molar-refractivity contribution < 1.29 is 4.74 Å². The number of nitrogens with one attached hydrogen (secondary N) is 2. The molecule has 6 nitrogen and oxygen atoms in total. The standard InChI is InChI=1S/C23H29N5O/c1-3-25-23(26-16-19-8-4-7-18(13-19)15-24)27-20-9-6-12-28(17-20)21-10-5-11-22(14-21)29-2/h4-5,7-8,10-11,13-14,20H,3,6,9,12,16-17H2,1-2H3,(H2,25,26,27). The van der Waals surface area contributed by atoms with E-state index < -0.39 is 0 Å². The minimum atomic E-state index is 0.318. The van der Waals surface area contributed by atoms with Crippen molar-refractivity contribution in [1.29, 1.82) is 5.26 Å². The van der Waals surface area contributed by atoms with Crippen LogP contribution in [0.5, 0.6) is 5.75 Å². The predicted octanol–water partition coefficient (Wildman–Crippen LogP) is 3.29. The molecule has 1 fully saturated rings. The molecule has 1 saturated heterocycles. The van der Waals surface area contributed by atoms with Gasteiger partial charge in [-0.25, -0.2) is 4.99 Å². The topological polar surface area (TPSA) is 72.7 Å². The fourth-order valence-electron chi connectivity index (χ4n) is 3.56. The van der Waals surface area contributed by atoms with Crippen LogP contribution in [0.4, 0.5) is 5.69 Å². The first-order chi connectivity index (χ1) is 14.2. The fraction of sp³-hybridized carbons (Fsp3) is 0.391. The highest BCUT2D eigenvalue weighted by Gasteiger charge is 2.21. The molecule has 152 valence electrons. The number of methoxy groups -OCH3 is 1. The Morgan fingerprint density at radius 3 is 2.93 bits per heavy atom. The van der Waals surface area contributed by atoms with Crippen molar-refractivity contribution in [2.75, 3.05) is 31.6 Å². The zero-order chi connectivity index (χ0) is 20.5. The molecule has 29 heavy (non-hydrogen) atoms. The minimum absolute atomic E-state index is 0.318. The molecule has 0 spiro atoms. The van der Waals surface area contributed by atoms with Gasteiger partial charge in [0.2, 0.25) is 0 Å². The zero-order valence-corrected chi connectivity index (χ0v) is 17.2. The van der Waals surface area contributed by atoms with E-state index in [1.807, 2.05) is 36.4 Å². The molecular formula is C23H29N5O. The molecule has 6 heteroatoms. The number of hydrogen-bond acceptors (Lipinski definition) is 4. The Hall–Kier alpha value is -3.20. The first-order valence-corrected chi connectivity index (χ1v) is 10.1. The first-order valence-electron chi connectivity index (χ1n) is 10.1. The molecule has 1 aliphatic heterocycles. The van der Waals surface area contributed by atoms with Crippen molar-refractivity contribution >= 4 is 11.6 Å². The van der Waals surface area contributed by atoms with Crippen LogP contribution in [-0.4, -0.2) is 38.7 Å². The largest absolute Gasteiger partial charge is 0.497 e. The van der Waals surface area contributed by atoms with Crippen LogP contribution >= 0.6 is 0 Å². The van der Waals surface area contributed by atoms with E-state index >= 15 is 0 Å². The molecule has 1 heterocycles. The van der Waals surface area contributed by atoms with Crippen LogP contribution in [-0.2, 0) is 6.54 Å². The van der Waals surface area contributed by atoms with Gasteiger partial charge in [0.25, 0.3) is 0 Å². The Bertz CT molecular complexity index is 874. The van der Waals surface area contributed by atoms with Gasteiger partial charge in [-0.1, -0.05) is 18.2 Å². The Kier molecular flexibility index (Phi) is 7.34. The van der Waals surface area contributed by atoms with Crippen LogP contribution < -0.4 is 20.3 Å².